The Labute approximate surface area is 178 Å². The fourth-order valence-corrected chi connectivity index (χ4v) is 3.38. The molecule has 0 spiro atoms. The first-order chi connectivity index (χ1) is 15.3. The molecule has 0 saturated carbocycles. The number of benzene rings is 2. The molecule has 0 saturated heterocycles. The van der Waals surface area contributed by atoms with Gasteiger partial charge in [0.2, 0.25) is 0 Å². The van der Waals surface area contributed by atoms with Crippen molar-refractivity contribution in [1.82, 2.24) is 20.4 Å². The Kier molecular flexibility index (Phi) is 4.94. The fourth-order valence-electron chi connectivity index (χ4n) is 3.38. The number of amides is 1. The largest absolute Gasteiger partial charge is 0.355 e. The maximum absolute atomic E-state index is 12.7. The maximum Gasteiger partial charge on any atom is 0.251 e. The van der Waals surface area contributed by atoms with E-state index < -0.39 is 0 Å². The minimum Gasteiger partial charge on any atom is -0.355 e. The van der Waals surface area contributed by atoms with Crippen LogP contribution in [0.15, 0.2) is 95.9 Å². The summed E-state index contributed by atoms with van der Waals surface area (Å²) in [6, 6.07) is 22.8. The Bertz CT molecular complexity index is 1330. The van der Waals surface area contributed by atoms with Crippen LogP contribution in [-0.2, 0) is 6.54 Å². The highest BCUT2D eigenvalue weighted by Crippen LogP contribution is 2.29. The molecule has 150 valence electrons. The monoisotopic (exact) mass is 406 g/mol. The van der Waals surface area contributed by atoms with Gasteiger partial charge in [-0.3, -0.25) is 14.8 Å². The number of pyridine rings is 2. The average molecular weight is 406 g/mol. The van der Waals surface area contributed by atoms with Gasteiger partial charge in [-0.15, -0.1) is 0 Å². The number of hydrogen-bond acceptors (Lipinski definition) is 5. The Morgan fingerprint density at radius 2 is 1.77 bits per heavy atom. The first kappa shape index (κ1) is 18.7. The van der Waals surface area contributed by atoms with Crippen molar-refractivity contribution in [3.8, 4) is 22.6 Å². The summed E-state index contributed by atoms with van der Waals surface area (Å²) >= 11 is 0. The lowest BCUT2D eigenvalue weighted by molar-refractivity contribution is 0.0951. The lowest BCUT2D eigenvalue weighted by Gasteiger charge is -2.07. The lowest BCUT2D eigenvalue weighted by atomic mass is 10.1. The van der Waals surface area contributed by atoms with Gasteiger partial charge in [0, 0.05) is 41.8 Å². The van der Waals surface area contributed by atoms with Crippen molar-refractivity contribution < 1.29 is 9.32 Å². The average Bonchev–Trinajstić information content (AvgIpc) is 3.27. The van der Waals surface area contributed by atoms with Crippen molar-refractivity contribution in [2.75, 3.05) is 0 Å². The molecule has 0 aliphatic heterocycles. The topological polar surface area (TPSA) is 80.9 Å². The van der Waals surface area contributed by atoms with E-state index in [9.17, 15) is 4.79 Å². The first-order valence-corrected chi connectivity index (χ1v) is 9.86. The van der Waals surface area contributed by atoms with Gasteiger partial charge in [-0.2, -0.15) is 0 Å². The highest BCUT2D eigenvalue weighted by atomic mass is 16.5. The number of carbonyl (C=O) groups is 1. The highest BCUT2D eigenvalue weighted by molar-refractivity contribution is 6.00. The summed E-state index contributed by atoms with van der Waals surface area (Å²) in [4.78, 5) is 21.3. The zero-order chi connectivity index (χ0) is 21.0. The summed E-state index contributed by atoms with van der Waals surface area (Å²) in [7, 11) is 0. The van der Waals surface area contributed by atoms with Gasteiger partial charge in [-0.25, -0.2) is 0 Å². The molecule has 0 atom stereocenters. The van der Waals surface area contributed by atoms with Crippen molar-refractivity contribution in [3.05, 3.63) is 103 Å². The minimum atomic E-state index is -0.168. The molecule has 0 bridgehead atoms. The molecule has 1 N–H and O–H groups in total. The smallest absolute Gasteiger partial charge is 0.251 e. The summed E-state index contributed by atoms with van der Waals surface area (Å²) in [6.45, 7) is 0.381. The van der Waals surface area contributed by atoms with Gasteiger partial charge >= 0.3 is 0 Å². The van der Waals surface area contributed by atoms with E-state index in [-0.39, 0.29) is 5.91 Å². The fraction of sp³-hybridized carbons (Fsp3) is 0.0400. The third-order valence-corrected chi connectivity index (χ3v) is 5.01. The second-order valence-corrected chi connectivity index (χ2v) is 7.09. The maximum atomic E-state index is 12.7. The van der Waals surface area contributed by atoms with Crippen molar-refractivity contribution >= 4 is 16.8 Å². The molecule has 0 aliphatic rings. The van der Waals surface area contributed by atoms with Gasteiger partial charge in [0.25, 0.3) is 5.91 Å². The van der Waals surface area contributed by atoms with Crippen LogP contribution in [-0.4, -0.2) is 21.0 Å². The molecular weight excluding hydrogens is 388 g/mol. The lowest BCUT2D eigenvalue weighted by Crippen LogP contribution is -2.22. The molecule has 3 heterocycles. The van der Waals surface area contributed by atoms with Crippen LogP contribution in [0.5, 0.6) is 0 Å². The molecule has 0 unspecified atom stereocenters. The Balaban J connectivity index is 1.31. The van der Waals surface area contributed by atoms with Crippen LogP contribution in [0.4, 0.5) is 0 Å². The third-order valence-electron chi connectivity index (χ3n) is 5.01. The van der Waals surface area contributed by atoms with E-state index in [4.69, 9.17) is 4.52 Å². The molecule has 6 nitrogen and oxygen atoms in total. The summed E-state index contributed by atoms with van der Waals surface area (Å²) in [5, 5.41) is 7.86. The van der Waals surface area contributed by atoms with Crippen molar-refractivity contribution in [1.29, 1.82) is 0 Å². The molecule has 3 aromatic heterocycles. The van der Waals surface area contributed by atoms with E-state index in [1.807, 2.05) is 60.7 Å². The Hall–Kier alpha value is -4.32. The number of nitrogens with one attached hydrogen (secondary N) is 1. The summed E-state index contributed by atoms with van der Waals surface area (Å²) in [5.74, 6) is 0.485. The summed E-state index contributed by atoms with van der Waals surface area (Å²) < 4.78 is 5.52. The SMILES string of the molecule is O=C(NCc1ccc(-c2cccnc2)nc1)c1ccc2noc(-c3ccccc3)c2c1. The number of hydrogen-bond donors (Lipinski definition) is 1. The van der Waals surface area contributed by atoms with Gasteiger partial charge in [0.1, 0.15) is 5.52 Å². The molecule has 6 heteroatoms. The molecule has 2 aromatic carbocycles. The van der Waals surface area contributed by atoms with Crippen LogP contribution in [0.3, 0.4) is 0 Å². The van der Waals surface area contributed by atoms with Crippen LogP contribution in [0.25, 0.3) is 33.5 Å². The number of aromatic nitrogens is 3. The minimum absolute atomic E-state index is 0.168. The predicted molar refractivity (Wildman–Crippen MR) is 118 cm³/mol. The van der Waals surface area contributed by atoms with Crippen LogP contribution >= 0.6 is 0 Å². The van der Waals surface area contributed by atoms with E-state index in [1.165, 1.54) is 0 Å². The van der Waals surface area contributed by atoms with E-state index >= 15 is 0 Å². The molecule has 5 aromatic rings. The number of carbonyl (C=O) groups excluding carboxylic acids is 1. The van der Waals surface area contributed by atoms with Gasteiger partial charge in [-0.05, 0) is 42.0 Å². The first-order valence-electron chi connectivity index (χ1n) is 9.86. The number of rotatable bonds is 5. The van der Waals surface area contributed by atoms with Gasteiger partial charge in [-0.1, -0.05) is 41.6 Å². The van der Waals surface area contributed by atoms with E-state index in [0.29, 0.717) is 23.4 Å². The Morgan fingerprint density at radius 3 is 2.55 bits per heavy atom. The zero-order valence-electron chi connectivity index (χ0n) is 16.5. The molecule has 0 fully saturated rings. The van der Waals surface area contributed by atoms with Crippen LogP contribution < -0.4 is 5.32 Å². The van der Waals surface area contributed by atoms with Crippen molar-refractivity contribution in [2.45, 2.75) is 6.54 Å². The summed E-state index contributed by atoms with van der Waals surface area (Å²) in [6.07, 6.45) is 5.26. The van der Waals surface area contributed by atoms with Crippen molar-refractivity contribution in [3.63, 3.8) is 0 Å². The van der Waals surface area contributed by atoms with E-state index in [2.05, 4.69) is 20.4 Å². The third kappa shape index (κ3) is 3.91. The molecule has 31 heavy (non-hydrogen) atoms. The van der Waals surface area contributed by atoms with Crippen LogP contribution in [0, 0.1) is 0 Å². The number of fused-ring (bicyclic) bond motifs is 1. The number of nitrogens with zero attached hydrogens (tertiary/aromatic N) is 3. The predicted octanol–water partition coefficient (Wildman–Crippen LogP) is 4.88. The van der Waals surface area contributed by atoms with E-state index in [1.54, 1.807) is 30.7 Å². The second-order valence-electron chi connectivity index (χ2n) is 7.09. The van der Waals surface area contributed by atoms with Gasteiger partial charge < -0.3 is 9.84 Å². The normalized spacial score (nSPS) is 10.8. The highest BCUT2D eigenvalue weighted by Gasteiger charge is 2.14. The molecule has 5 rings (SSSR count). The molecule has 0 aliphatic carbocycles. The standard InChI is InChI=1S/C25H18N4O2/c30-25(28-15-17-8-10-22(27-14-17)20-7-4-12-26-16-20)19-9-11-23-21(13-19)24(31-29-23)18-5-2-1-3-6-18/h1-14,16H,15H2,(H,28,30). The van der Waals surface area contributed by atoms with Gasteiger partial charge in [0.15, 0.2) is 5.76 Å². The van der Waals surface area contributed by atoms with E-state index in [0.717, 1.165) is 27.8 Å². The van der Waals surface area contributed by atoms with Crippen LogP contribution in [0.2, 0.25) is 0 Å². The summed E-state index contributed by atoms with van der Waals surface area (Å²) in [5.41, 5.74) is 4.89. The van der Waals surface area contributed by atoms with Crippen molar-refractivity contribution in [2.24, 2.45) is 0 Å². The van der Waals surface area contributed by atoms with Crippen LogP contribution in [0.1, 0.15) is 15.9 Å². The molecule has 1 amide bonds. The Morgan fingerprint density at radius 1 is 0.903 bits per heavy atom. The zero-order valence-corrected chi connectivity index (χ0v) is 16.5. The van der Waals surface area contributed by atoms with Gasteiger partial charge in [0.05, 0.1) is 11.1 Å². The molecule has 0 radical (unpaired) electrons. The second kappa shape index (κ2) is 8.20. The molecular formula is C25H18N4O2. The quantitative estimate of drug-likeness (QED) is 0.450.